The average molecular weight is 374 g/mol. The maximum absolute atomic E-state index is 12.6. The molecule has 2 amide bonds. The van der Waals surface area contributed by atoms with E-state index >= 15 is 0 Å². The number of hydrogen-bond acceptors (Lipinski definition) is 5. The number of likely N-dealkylation sites (tertiary alicyclic amines) is 2. The molecule has 0 spiro atoms. The van der Waals surface area contributed by atoms with Gasteiger partial charge in [0.05, 0.1) is 5.92 Å². The van der Waals surface area contributed by atoms with Gasteiger partial charge in [-0.1, -0.05) is 6.07 Å². The van der Waals surface area contributed by atoms with Crippen LogP contribution in [0.5, 0.6) is 0 Å². The first-order valence-electron chi connectivity index (χ1n) is 10.1. The maximum atomic E-state index is 12.6. The Morgan fingerprint density at radius 2 is 2.04 bits per heavy atom. The van der Waals surface area contributed by atoms with Gasteiger partial charge in [0.1, 0.15) is 0 Å². The number of carbonyl (C=O) groups excluding carboxylic acids is 2. The number of pyridine rings is 1. The number of amides is 2. The Morgan fingerprint density at radius 3 is 2.74 bits per heavy atom. The second-order valence-corrected chi connectivity index (χ2v) is 7.56. The summed E-state index contributed by atoms with van der Waals surface area (Å²) in [6, 6.07) is 4.33. The van der Waals surface area contributed by atoms with E-state index in [9.17, 15) is 9.59 Å². The van der Waals surface area contributed by atoms with Crippen molar-refractivity contribution >= 4 is 11.8 Å². The predicted molar refractivity (Wildman–Crippen MR) is 104 cm³/mol. The van der Waals surface area contributed by atoms with Crippen LogP contribution < -0.4 is 11.1 Å². The zero-order valence-electron chi connectivity index (χ0n) is 16.0. The maximum Gasteiger partial charge on any atom is 0.224 e. The predicted octanol–water partition coefficient (Wildman–Crippen LogP) is 0.750. The van der Waals surface area contributed by atoms with E-state index in [0.717, 1.165) is 57.4 Å². The molecule has 0 aliphatic carbocycles. The highest BCUT2D eigenvalue weighted by molar-refractivity contribution is 5.79. The molecule has 3 N–H and O–H groups in total. The minimum atomic E-state index is 0.0484. The van der Waals surface area contributed by atoms with Crippen LogP contribution in [0.15, 0.2) is 24.5 Å². The van der Waals surface area contributed by atoms with E-state index in [0.29, 0.717) is 25.6 Å². The van der Waals surface area contributed by atoms with Crippen molar-refractivity contribution in [3.63, 3.8) is 0 Å². The number of nitrogens with two attached hydrogens (primary N) is 1. The Balaban J connectivity index is 1.45. The molecule has 3 heterocycles. The van der Waals surface area contributed by atoms with Gasteiger partial charge in [-0.05, 0) is 43.9 Å². The molecule has 27 heavy (non-hydrogen) atoms. The molecule has 1 aromatic rings. The number of nitrogens with one attached hydrogen (secondary N) is 1. The van der Waals surface area contributed by atoms with E-state index in [1.54, 1.807) is 12.4 Å². The topological polar surface area (TPSA) is 91.6 Å². The van der Waals surface area contributed by atoms with Crippen molar-refractivity contribution in [1.82, 2.24) is 20.1 Å². The van der Waals surface area contributed by atoms with Crippen LogP contribution in [0.25, 0.3) is 0 Å². The van der Waals surface area contributed by atoms with Crippen LogP contribution in [0.4, 0.5) is 0 Å². The summed E-state index contributed by atoms with van der Waals surface area (Å²) < 4.78 is 0. The lowest BCUT2D eigenvalue weighted by molar-refractivity contribution is -0.132. The molecule has 0 saturated carbocycles. The fourth-order valence-corrected chi connectivity index (χ4v) is 4.15. The summed E-state index contributed by atoms with van der Waals surface area (Å²) >= 11 is 0. The van der Waals surface area contributed by atoms with Crippen LogP contribution in [-0.2, 0) is 16.1 Å². The molecule has 2 aliphatic heterocycles. The molecule has 2 fully saturated rings. The SMILES string of the molecule is NCCC(=O)N1CCC(N2CCC[C@H](C(=O)NCc3cccnc3)C2)CC1. The zero-order chi connectivity index (χ0) is 19.1. The van der Waals surface area contributed by atoms with E-state index in [2.05, 4.69) is 15.2 Å². The fourth-order valence-electron chi connectivity index (χ4n) is 4.15. The number of nitrogens with zero attached hydrogens (tertiary/aromatic N) is 3. The van der Waals surface area contributed by atoms with Crippen molar-refractivity contribution in [2.45, 2.75) is 44.7 Å². The van der Waals surface area contributed by atoms with E-state index < -0.39 is 0 Å². The fraction of sp³-hybridized carbons (Fsp3) is 0.650. The van der Waals surface area contributed by atoms with Gasteiger partial charge < -0.3 is 16.0 Å². The number of rotatable bonds is 6. The smallest absolute Gasteiger partial charge is 0.224 e. The van der Waals surface area contributed by atoms with Crippen molar-refractivity contribution in [2.75, 3.05) is 32.7 Å². The lowest BCUT2D eigenvalue weighted by Gasteiger charge is -2.42. The van der Waals surface area contributed by atoms with Gasteiger partial charge in [-0.15, -0.1) is 0 Å². The molecule has 2 aliphatic rings. The van der Waals surface area contributed by atoms with Crippen molar-refractivity contribution in [1.29, 1.82) is 0 Å². The monoisotopic (exact) mass is 373 g/mol. The van der Waals surface area contributed by atoms with Crippen LogP contribution in [0.3, 0.4) is 0 Å². The number of piperidine rings is 2. The summed E-state index contributed by atoms with van der Waals surface area (Å²) in [5, 5.41) is 3.06. The quantitative estimate of drug-likeness (QED) is 0.768. The first kappa shape index (κ1) is 19.8. The third-order valence-corrected chi connectivity index (χ3v) is 5.70. The van der Waals surface area contributed by atoms with Gasteiger partial charge in [0, 0.05) is 57.6 Å². The average Bonchev–Trinajstić information content (AvgIpc) is 2.73. The summed E-state index contributed by atoms with van der Waals surface area (Å²) in [5.41, 5.74) is 6.51. The highest BCUT2D eigenvalue weighted by Gasteiger charge is 2.32. The first-order valence-corrected chi connectivity index (χ1v) is 10.1. The van der Waals surface area contributed by atoms with Crippen LogP contribution in [-0.4, -0.2) is 65.4 Å². The lowest BCUT2D eigenvalue weighted by atomic mass is 9.93. The van der Waals surface area contributed by atoms with Gasteiger partial charge in [0.25, 0.3) is 0 Å². The molecule has 0 unspecified atom stereocenters. The highest BCUT2D eigenvalue weighted by atomic mass is 16.2. The van der Waals surface area contributed by atoms with Crippen LogP contribution in [0, 0.1) is 5.92 Å². The number of aromatic nitrogens is 1. The van der Waals surface area contributed by atoms with Crippen molar-refractivity contribution in [3.8, 4) is 0 Å². The molecular formula is C20H31N5O2. The van der Waals surface area contributed by atoms with Gasteiger partial charge >= 0.3 is 0 Å². The zero-order valence-corrected chi connectivity index (χ0v) is 16.0. The van der Waals surface area contributed by atoms with Gasteiger partial charge in [-0.2, -0.15) is 0 Å². The third-order valence-electron chi connectivity index (χ3n) is 5.70. The molecule has 0 aromatic carbocycles. The Kier molecular flexibility index (Phi) is 7.18. The molecule has 148 valence electrons. The van der Waals surface area contributed by atoms with Crippen molar-refractivity contribution < 1.29 is 9.59 Å². The molecule has 7 heteroatoms. The Hall–Kier alpha value is -1.99. The number of carbonyl (C=O) groups is 2. The second kappa shape index (κ2) is 9.80. The molecule has 1 atom stereocenters. The van der Waals surface area contributed by atoms with Crippen LogP contribution >= 0.6 is 0 Å². The van der Waals surface area contributed by atoms with Gasteiger partial charge in [-0.25, -0.2) is 0 Å². The highest BCUT2D eigenvalue weighted by Crippen LogP contribution is 2.24. The van der Waals surface area contributed by atoms with Crippen LogP contribution in [0.2, 0.25) is 0 Å². The molecule has 0 bridgehead atoms. The minimum absolute atomic E-state index is 0.0484. The summed E-state index contributed by atoms with van der Waals surface area (Å²) in [6.07, 6.45) is 7.93. The third kappa shape index (κ3) is 5.49. The standard InChI is InChI=1S/C20H31N5O2/c21-8-5-19(26)24-11-6-18(7-12-24)25-10-2-4-17(15-25)20(27)23-14-16-3-1-9-22-13-16/h1,3,9,13,17-18H,2,4-8,10-12,14-15,21H2,(H,23,27)/t17-/m0/s1. The van der Waals surface area contributed by atoms with Crippen molar-refractivity contribution in [3.05, 3.63) is 30.1 Å². The largest absolute Gasteiger partial charge is 0.352 e. The van der Waals surface area contributed by atoms with E-state index in [-0.39, 0.29) is 17.7 Å². The van der Waals surface area contributed by atoms with Crippen molar-refractivity contribution in [2.24, 2.45) is 11.7 Å². The molecule has 7 nitrogen and oxygen atoms in total. The normalized spacial score (nSPS) is 21.8. The van der Waals surface area contributed by atoms with E-state index in [1.807, 2.05) is 17.0 Å². The Morgan fingerprint density at radius 1 is 1.22 bits per heavy atom. The lowest BCUT2D eigenvalue weighted by Crippen LogP contribution is -2.51. The molecule has 1 aromatic heterocycles. The van der Waals surface area contributed by atoms with Gasteiger partial charge in [-0.3, -0.25) is 19.5 Å². The Labute approximate surface area is 161 Å². The molecule has 3 rings (SSSR count). The second-order valence-electron chi connectivity index (χ2n) is 7.56. The van der Waals surface area contributed by atoms with Gasteiger partial charge in [0.2, 0.25) is 11.8 Å². The molecule has 0 radical (unpaired) electrons. The van der Waals surface area contributed by atoms with E-state index in [1.165, 1.54) is 0 Å². The summed E-state index contributed by atoms with van der Waals surface area (Å²) in [4.78, 5) is 33.1. The Bertz CT molecular complexity index is 616. The summed E-state index contributed by atoms with van der Waals surface area (Å²) in [7, 11) is 0. The van der Waals surface area contributed by atoms with E-state index in [4.69, 9.17) is 5.73 Å². The summed E-state index contributed by atoms with van der Waals surface area (Å²) in [6.45, 7) is 4.43. The summed E-state index contributed by atoms with van der Waals surface area (Å²) in [5.74, 6) is 0.355. The van der Waals surface area contributed by atoms with Gasteiger partial charge in [0.15, 0.2) is 0 Å². The number of hydrogen-bond donors (Lipinski definition) is 2. The first-order chi connectivity index (χ1) is 13.2. The van der Waals surface area contributed by atoms with Crippen LogP contribution in [0.1, 0.15) is 37.7 Å². The molecule has 2 saturated heterocycles. The molecular weight excluding hydrogens is 342 g/mol. The minimum Gasteiger partial charge on any atom is -0.352 e.